The van der Waals surface area contributed by atoms with Crippen LogP contribution in [0.25, 0.3) is 0 Å². The molecular formula is C18H29NO3S. The lowest BCUT2D eigenvalue weighted by Crippen LogP contribution is -2.46. The second-order valence-corrected chi connectivity index (χ2v) is 8.54. The van der Waals surface area contributed by atoms with E-state index in [1.165, 1.54) is 17.7 Å². The van der Waals surface area contributed by atoms with Crippen LogP contribution < -0.4 is 0 Å². The molecule has 1 fully saturated rings. The first-order chi connectivity index (χ1) is 10.7. The first-order valence-corrected chi connectivity index (χ1v) is 9.35. The number of hydrogen-bond donors (Lipinski definition) is 1. The molecule has 130 valence electrons. The lowest BCUT2D eigenvalue weighted by Gasteiger charge is -2.38. The summed E-state index contributed by atoms with van der Waals surface area (Å²) in [5.41, 5.74) is -1.28. The number of ether oxygens (including phenoxy) is 1. The number of carbonyl (C=O) groups is 1. The molecule has 0 unspecified atom stereocenters. The van der Waals surface area contributed by atoms with Crippen LogP contribution in [0.1, 0.15) is 63.1 Å². The Morgan fingerprint density at radius 1 is 1.35 bits per heavy atom. The zero-order chi connectivity index (χ0) is 17.1. The Balaban J connectivity index is 1.94. The monoisotopic (exact) mass is 339 g/mol. The highest BCUT2D eigenvalue weighted by atomic mass is 32.1. The molecule has 1 aliphatic heterocycles. The van der Waals surface area contributed by atoms with Gasteiger partial charge in [-0.15, -0.1) is 11.3 Å². The number of thiophene rings is 1. The van der Waals surface area contributed by atoms with Gasteiger partial charge in [0.25, 0.3) is 0 Å². The SMILES string of the molecule is CCCCc1ccc(C2(O)CCN(C(=O)OC(C)(C)C)CC2)s1. The van der Waals surface area contributed by atoms with E-state index in [0.717, 1.165) is 11.3 Å². The average molecular weight is 340 g/mol. The third-order valence-corrected chi connectivity index (χ3v) is 5.48. The van der Waals surface area contributed by atoms with Gasteiger partial charge in [-0.1, -0.05) is 13.3 Å². The zero-order valence-corrected chi connectivity index (χ0v) is 15.5. The van der Waals surface area contributed by atoms with Gasteiger partial charge in [0.05, 0.1) is 0 Å². The van der Waals surface area contributed by atoms with Crippen LogP contribution in [0.4, 0.5) is 4.79 Å². The highest BCUT2D eigenvalue weighted by Gasteiger charge is 2.37. The van der Waals surface area contributed by atoms with E-state index in [2.05, 4.69) is 19.1 Å². The van der Waals surface area contributed by atoms with Gasteiger partial charge < -0.3 is 14.7 Å². The topological polar surface area (TPSA) is 49.8 Å². The third-order valence-electron chi connectivity index (χ3n) is 4.14. The molecule has 0 bridgehead atoms. The van der Waals surface area contributed by atoms with E-state index in [9.17, 15) is 9.90 Å². The number of unbranched alkanes of at least 4 members (excludes halogenated alkanes) is 1. The maximum absolute atomic E-state index is 12.1. The number of aliphatic hydroxyl groups is 1. The molecule has 1 aromatic rings. The minimum atomic E-state index is -0.798. The third kappa shape index (κ3) is 4.95. The second-order valence-electron chi connectivity index (χ2n) is 7.37. The minimum absolute atomic E-state index is 0.283. The Bertz CT molecular complexity index is 525. The van der Waals surface area contributed by atoms with Gasteiger partial charge in [-0.2, -0.15) is 0 Å². The number of rotatable bonds is 4. The molecule has 0 aliphatic carbocycles. The van der Waals surface area contributed by atoms with Crippen LogP contribution in [-0.2, 0) is 16.8 Å². The molecule has 1 amide bonds. The average Bonchev–Trinajstić information content (AvgIpc) is 2.93. The summed E-state index contributed by atoms with van der Waals surface area (Å²) in [6, 6.07) is 4.19. The first kappa shape index (κ1) is 18.3. The van der Waals surface area contributed by atoms with Crippen molar-refractivity contribution < 1.29 is 14.6 Å². The highest BCUT2D eigenvalue weighted by Crippen LogP contribution is 2.37. The second kappa shape index (κ2) is 7.22. The zero-order valence-electron chi connectivity index (χ0n) is 14.7. The van der Waals surface area contributed by atoms with Gasteiger partial charge in [-0.3, -0.25) is 0 Å². The molecule has 0 aromatic carbocycles. The number of carbonyl (C=O) groups excluding carboxylic acids is 1. The lowest BCUT2D eigenvalue weighted by molar-refractivity contribution is -0.0335. The Kier molecular flexibility index (Phi) is 5.74. The van der Waals surface area contributed by atoms with Crippen LogP contribution in [0.15, 0.2) is 12.1 Å². The largest absolute Gasteiger partial charge is 0.444 e. The van der Waals surface area contributed by atoms with Crippen molar-refractivity contribution in [3.63, 3.8) is 0 Å². The molecular weight excluding hydrogens is 310 g/mol. The van der Waals surface area contributed by atoms with Crippen molar-refractivity contribution >= 4 is 17.4 Å². The summed E-state index contributed by atoms with van der Waals surface area (Å²) in [5, 5.41) is 10.9. The van der Waals surface area contributed by atoms with E-state index in [0.29, 0.717) is 25.9 Å². The molecule has 0 radical (unpaired) electrons. The van der Waals surface area contributed by atoms with Crippen LogP contribution in [0, 0.1) is 0 Å². The maximum atomic E-state index is 12.1. The van der Waals surface area contributed by atoms with E-state index < -0.39 is 11.2 Å². The molecule has 0 saturated carbocycles. The molecule has 2 rings (SSSR count). The normalized spacial score (nSPS) is 18.0. The summed E-state index contributed by atoms with van der Waals surface area (Å²) in [5.74, 6) is 0. The van der Waals surface area contributed by atoms with Gasteiger partial charge in [0, 0.05) is 22.8 Å². The molecule has 1 aromatic heterocycles. The van der Waals surface area contributed by atoms with Crippen molar-refractivity contribution in [2.75, 3.05) is 13.1 Å². The number of amides is 1. The summed E-state index contributed by atoms with van der Waals surface area (Å²) in [7, 11) is 0. The van der Waals surface area contributed by atoms with Crippen LogP contribution in [-0.4, -0.2) is 34.8 Å². The van der Waals surface area contributed by atoms with Crippen molar-refractivity contribution in [1.82, 2.24) is 4.90 Å². The molecule has 1 N–H and O–H groups in total. The van der Waals surface area contributed by atoms with E-state index >= 15 is 0 Å². The molecule has 1 saturated heterocycles. The van der Waals surface area contributed by atoms with Crippen molar-refractivity contribution in [2.24, 2.45) is 0 Å². The Morgan fingerprint density at radius 3 is 2.57 bits per heavy atom. The molecule has 1 aliphatic rings. The molecule has 23 heavy (non-hydrogen) atoms. The number of aryl methyl sites for hydroxylation is 1. The number of piperidine rings is 1. The molecule has 5 heteroatoms. The number of likely N-dealkylation sites (tertiary alicyclic amines) is 1. The lowest BCUT2D eigenvalue weighted by atomic mass is 9.90. The minimum Gasteiger partial charge on any atom is -0.444 e. The Morgan fingerprint density at radius 2 is 2.00 bits per heavy atom. The summed E-state index contributed by atoms with van der Waals surface area (Å²) >= 11 is 1.71. The van der Waals surface area contributed by atoms with Gasteiger partial charge in [-0.05, 0) is 58.6 Å². The number of nitrogens with zero attached hydrogens (tertiary/aromatic N) is 1. The van der Waals surface area contributed by atoms with Crippen molar-refractivity contribution in [2.45, 2.75) is 71.0 Å². The van der Waals surface area contributed by atoms with Gasteiger partial charge in [0.2, 0.25) is 0 Å². The van der Waals surface area contributed by atoms with Crippen molar-refractivity contribution in [3.05, 3.63) is 21.9 Å². The quantitative estimate of drug-likeness (QED) is 0.889. The van der Waals surface area contributed by atoms with Gasteiger partial charge in [0.1, 0.15) is 11.2 Å². The van der Waals surface area contributed by atoms with Crippen LogP contribution in [0.3, 0.4) is 0 Å². The smallest absolute Gasteiger partial charge is 0.410 e. The highest BCUT2D eigenvalue weighted by molar-refractivity contribution is 7.12. The Hall–Kier alpha value is -1.07. The summed E-state index contributed by atoms with van der Waals surface area (Å²) in [4.78, 5) is 16.2. The van der Waals surface area contributed by atoms with Gasteiger partial charge in [-0.25, -0.2) is 4.79 Å². The van der Waals surface area contributed by atoms with E-state index in [4.69, 9.17) is 4.74 Å². The Labute approximate surface area is 143 Å². The predicted molar refractivity (Wildman–Crippen MR) is 93.9 cm³/mol. The molecule has 4 nitrogen and oxygen atoms in total. The fraction of sp³-hybridized carbons (Fsp3) is 0.722. The van der Waals surface area contributed by atoms with E-state index in [-0.39, 0.29) is 6.09 Å². The van der Waals surface area contributed by atoms with E-state index in [1.54, 1.807) is 16.2 Å². The fourth-order valence-electron chi connectivity index (χ4n) is 2.75. The van der Waals surface area contributed by atoms with Crippen molar-refractivity contribution in [3.8, 4) is 0 Å². The van der Waals surface area contributed by atoms with Crippen LogP contribution >= 0.6 is 11.3 Å². The summed E-state index contributed by atoms with van der Waals surface area (Å²) < 4.78 is 5.41. The van der Waals surface area contributed by atoms with Crippen LogP contribution in [0.5, 0.6) is 0 Å². The maximum Gasteiger partial charge on any atom is 0.410 e. The van der Waals surface area contributed by atoms with Gasteiger partial charge in [0.15, 0.2) is 0 Å². The van der Waals surface area contributed by atoms with Gasteiger partial charge >= 0.3 is 6.09 Å². The summed E-state index contributed by atoms with van der Waals surface area (Å²) in [6.07, 6.45) is 4.31. The standard InChI is InChI=1S/C18H29NO3S/c1-5-6-7-14-8-9-15(23-14)18(21)10-12-19(13-11-18)16(20)22-17(2,3)4/h8-9,21H,5-7,10-13H2,1-4H3. The predicted octanol–water partition coefficient (Wildman–Crippen LogP) is 4.31. The first-order valence-electron chi connectivity index (χ1n) is 8.53. The fourth-order valence-corrected chi connectivity index (χ4v) is 3.94. The molecule has 0 spiro atoms. The number of hydrogen-bond acceptors (Lipinski definition) is 4. The van der Waals surface area contributed by atoms with E-state index in [1.807, 2.05) is 20.8 Å². The van der Waals surface area contributed by atoms with Crippen LogP contribution in [0.2, 0.25) is 0 Å². The van der Waals surface area contributed by atoms with Crippen molar-refractivity contribution in [1.29, 1.82) is 0 Å². The molecule has 0 atom stereocenters. The molecule has 2 heterocycles. The summed E-state index contributed by atoms with van der Waals surface area (Å²) in [6.45, 7) is 8.87.